The highest BCUT2D eigenvalue weighted by molar-refractivity contribution is 7.99. The molecule has 138 valence electrons. The molecular formula is C20H23NO3S2. The summed E-state index contributed by atoms with van der Waals surface area (Å²) in [5, 5.41) is 0. The minimum Gasteiger partial charge on any atom is -0.308 e. The van der Waals surface area contributed by atoms with Gasteiger partial charge in [0.1, 0.15) is 0 Å². The maximum atomic E-state index is 12.9. The first-order valence-electron chi connectivity index (χ1n) is 8.65. The number of hydrogen-bond donors (Lipinski definition) is 0. The third-order valence-electron chi connectivity index (χ3n) is 4.45. The molecule has 0 N–H and O–H groups in total. The molecule has 0 aromatic heterocycles. The Kier molecular flexibility index (Phi) is 6.04. The van der Waals surface area contributed by atoms with Crippen LogP contribution in [-0.2, 0) is 20.4 Å². The number of thioether (sulfide) groups is 1. The van der Waals surface area contributed by atoms with Crippen molar-refractivity contribution in [3.05, 3.63) is 65.7 Å². The Morgan fingerprint density at radius 3 is 2.58 bits per heavy atom. The van der Waals surface area contributed by atoms with Crippen LogP contribution < -0.4 is 4.90 Å². The topological polar surface area (TPSA) is 54.5 Å². The number of amides is 1. The predicted octanol–water partition coefficient (Wildman–Crippen LogP) is 3.45. The molecule has 0 bridgehead atoms. The van der Waals surface area contributed by atoms with Crippen LogP contribution in [0.15, 0.2) is 54.6 Å². The molecule has 1 aliphatic rings. The summed E-state index contributed by atoms with van der Waals surface area (Å²) in [5.74, 6) is 1.27. The summed E-state index contributed by atoms with van der Waals surface area (Å²) in [6.45, 7) is 2.05. The summed E-state index contributed by atoms with van der Waals surface area (Å²) in [6, 6.07) is 17.4. The van der Waals surface area contributed by atoms with E-state index in [1.54, 1.807) is 16.7 Å². The second kappa shape index (κ2) is 8.27. The van der Waals surface area contributed by atoms with Crippen LogP contribution in [0.5, 0.6) is 0 Å². The molecule has 1 atom stereocenters. The van der Waals surface area contributed by atoms with Crippen molar-refractivity contribution >= 4 is 33.2 Å². The minimum absolute atomic E-state index is 0.0315. The highest BCUT2D eigenvalue weighted by Gasteiger charge is 2.35. The van der Waals surface area contributed by atoms with Crippen LogP contribution in [0, 0.1) is 6.92 Å². The van der Waals surface area contributed by atoms with E-state index in [1.165, 1.54) is 11.1 Å². The van der Waals surface area contributed by atoms with E-state index in [2.05, 4.69) is 25.1 Å². The van der Waals surface area contributed by atoms with Crippen molar-refractivity contribution in [2.24, 2.45) is 0 Å². The standard InChI is InChI=1S/C20H23NO3S2/c1-16-6-5-7-17(12-16)13-25-14-20(22)21(18-8-3-2-4-9-18)19-10-11-26(23,24)15-19/h2-9,12,19H,10-11,13-15H2,1H3/t19-/m0/s1. The lowest BCUT2D eigenvalue weighted by Crippen LogP contribution is -2.42. The van der Waals surface area contributed by atoms with Crippen LogP contribution in [0.4, 0.5) is 5.69 Å². The van der Waals surface area contributed by atoms with Crippen molar-refractivity contribution in [1.82, 2.24) is 0 Å². The van der Waals surface area contributed by atoms with Crippen molar-refractivity contribution < 1.29 is 13.2 Å². The van der Waals surface area contributed by atoms with Gasteiger partial charge in [0.15, 0.2) is 9.84 Å². The lowest BCUT2D eigenvalue weighted by Gasteiger charge is -2.28. The highest BCUT2D eigenvalue weighted by Crippen LogP contribution is 2.26. The summed E-state index contributed by atoms with van der Waals surface area (Å²) in [4.78, 5) is 14.6. The second-order valence-corrected chi connectivity index (χ2v) is 9.85. The van der Waals surface area contributed by atoms with Crippen molar-refractivity contribution in [3.8, 4) is 0 Å². The average Bonchev–Trinajstić information content (AvgIpc) is 2.96. The molecule has 0 saturated carbocycles. The molecule has 1 saturated heterocycles. The maximum absolute atomic E-state index is 12.9. The van der Waals surface area contributed by atoms with Gasteiger partial charge in [-0.05, 0) is 31.0 Å². The summed E-state index contributed by atoms with van der Waals surface area (Å²) in [6.07, 6.45) is 0.505. The maximum Gasteiger partial charge on any atom is 0.237 e. The molecule has 1 amide bonds. The molecule has 2 aromatic carbocycles. The van der Waals surface area contributed by atoms with Gasteiger partial charge in [0.05, 0.1) is 23.3 Å². The monoisotopic (exact) mass is 389 g/mol. The molecule has 6 heteroatoms. The Bertz CT molecular complexity index is 866. The molecule has 1 aliphatic heterocycles. The van der Waals surface area contributed by atoms with Gasteiger partial charge in [-0.25, -0.2) is 8.42 Å². The van der Waals surface area contributed by atoms with E-state index in [9.17, 15) is 13.2 Å². The number of carbonyl (C=O) groups excluding carboxylic acids is 1. The molecule has 26 heavy (non-hydrogen) atoms. The Morgan fingerprint density at radius 1 is 1.15 bits per heavy atom. The van der Waals surface area contributed by atoms with Gasteiger partial charge in [0, 0.05) is 11.4 Å². The number of benzene rings is 2. The Balaban J connectivity index is 1.69. The van der Waals surface area contributed by atoms with Gasteiger partial charge in [0.2, 0.25) is 5.91 Å². The number of sulfone groups is 1. The number of rotatable bonds is 6. The quantitative estimate of drug-likeness (QED) is 0.759. The van der Waals surface area contributed by atoms with E-state index in [0.717, 1.165) is 11.4 Å². The van der Waals surface area contributed by atoms with E-state index >= 15 is 0 Å². The van der Waals surface area contributed by atoms with Crippen molar-refractivity contribution in [3.63, 3.8) is 0 Å². The number of carbonyl (C=O) groups is 1. The van der Waals surface area contributed by atoms with E-state index in [1.807, 2.05) is 36.4 Å². The van der Waals surface area contributed by atoms with Crippen LogP contribution in [0.1, 0.15) is 17.5 Å². The fourth-order valence-corrected chi connectivity index (χ4v) is 5.78. The van der Waals surface area contributed by atoms with Crippen LogP contribution in [0.25, 0.3) is 0 Å². The summed E-state index contributed by atoms with van der Waals surface area (Å²) in [7, 11) is -3.05. The largest absolute Gasteiger partial charge is 0.308 e. The van der Waals surface area contributed by atoms with Gasteiger partial charge in [0.25, 0.3) is 0 Å². The number of nitrogens with zero attached hydrogens (tertiary/aromatic N) is 1. The molecule has 0 unspecified atom stereocenters. The Morgan fingerprint density at radius 2 is 1.92 bits per heavy atom. The lowest BCUT2D eigenvalue weighted by molar-refractivity contribution is -0.116. The average molecular weight is 390 g/mol. The van der Waals surface area contributed by atoms with Gasteiger partial charge in [-0.15, -0.1) is 11.8 Å². The number of anilines is 1. The highest BCUT2D eigenvalue weighted by atomic mass is 32.2. The molecule has 0 aliphatic carbocycles. The first kappa shape index (κ1) is 19.0. The molecule has 2 aromatic rings. The fourth-order valence-electron chi connectivity index (χ4n) is 3.25. The van der Waals surface area contributed by atoms with E-state index in [4.69, 9.17) is 0 Å². The zero-order chi connectivity index (χ0) is 18.6. The third kappa shape index (κ3) is 4.89. The molecule has 1 heterocycles. The lowest BCUT2D eigenvalue weighted by atomic mass is 10.2. The minimum atomic E-state index is -3.05. The van der Waals surface area contributed by atoms with Gasteiger partial charge < -0.3 is 4.90 Å². The van der Waals surface area contributed by atoms with Gasteiger partial charge in [-0.3, -0.25) is 4.79 Å². The third-order valence-corrected chi connectivity index (χ3v) is 7.19. The molecular weight excluding hydrogens is 366 g/mol. The van der Waals surface area contributed by atoms with Gasteiger partial charge in [-0.2, -0.15) is 0 Å². The van der Waals surface area contributed by atoms with Crippen molar-refractivity contribution in [2.75, 3.05) is 22.2 Å². The molecule has 0 spiro atoms. The smallest absolute Gasteiger partial charge is 0.237 e. The Labute approximate surface area is 159 Å². The van der Waals surface area contributed by atoms with Gasteiger partial charge >= 0.3 is 0 Å². The van der Waals surface area contributed by atoms with Crippen LogP contribution >= 0.6 is 11.8 Å². The Hall–Kier alpha value is -1.79. The van der Waals surface area contributed by atoms with Crippen LogP contribution in [0.3, 0.4) is 0 Å². The first-order valence-corrected chi connectivity index (χ1v) is 11.6. The first-order chi connectivity index (χ1) is 12.4. The number of hydrogen-bond acceptors (Lipinski definition) is 4. The van der Waals surface area contributed by atoms with E-state index in [0.29, 0.717) is 12.2 Å². The van der Waals surface area contributed by atoms with Crippen molar-refractivity contribution in [2.45, 2.75) is 25.1 Å². The summed E-state index contributed by atoms with van der Waals surface area (Å²) in [5.41, 5.74) is 3.17. The molecule has 3 rings (SSSR count). The molecule has 1 fully saturated rings. The van der Waals surface area contributed by atoms with E-state index in [-0.39, 0.29) is 23.5 Å². The van der Waals surface area contributed by atoms with Gasteiger partial charge in [-0.1, -0.05) is 48.0 Å². The second-order valence-electron chi connectivity index (χ2n) is 6.64. The van der Waals surface area contributed by atoms with Crippen molar-refractivity contribution in [1.29, 1.82) is 0 Å². The zero-order valence-electron chi connectivity index (χ0n) is 14.8. The number of para-hydroxylation sites is 1. The zero-order valence-corrected chi connectivity index (χ0v) is 16.4. The normalized spacial score (nSPS) is 18.6. The van der Waals surface area contributed by atoms with E-state index < -0.39 is 9.84 Å². The SMILES string of the molecule is Cc1cccc(CSCC(=O)N(c2ccccc2)[C@H]2CCS(=O)(=O)C2)c1. The summed E-state index contributed by atoms with van der Waals surface area (Å²) >= 11 is 1.56. The fraction of sp³-hybridized carbons (Fsp3) is 0.350. The predicted molar refractivity (Wildman–Crippen MR) is 108 cm³/mol. The number of aryl methyl sites for hydroxylation is 1. The summed E-state index contributed by atoms with van der Waals surface area (Å²) < 4.78 is 23.8. The van der Waals surface area contributed by atoms with Crippen LogP contribution in [-0.4, -0.2) is 37.6 Å². The van der Waals surface area contributed by atoms with Crippen LogP contribution in [0.2, 0.25) is 0 Å². The molecule has 0 radical (unpaired) electrons. The molecule has 4 nitrogen and oxygen atoms in total.